The van der Waals surface area contributed by atoms with E-state index in [1.54, 1.807) is 11.0 Å². The van der Waals surface area contributed by atoms with E-state index in [-0.39, 0.29) is 17.6 Å². The largest absolute Gasteiger partial charge is 0.325 e. The number of aliphatic imine (C=N–C) groups is 1. The molecule has 0 saturated heterocycles. The average Bonchev–Trinajstić information content (AvgIpc) is 3.18. The van der Waals surface area contributed by atoms with Crippen LogP contribution in [0.15, 0.2) is 83.5 Å². The Morgan fingerprint density at radius 1 is 1.00 bits per heavy atom. The first-order chi connectivity index (χ1) is 17.3. The quantitative estimate of drug-likeness (QED) is 0.365. The summed E-state index contributed by atoms with van der Waals surface area (Å²) < 4.78 is 0. The SMILES string of the molecule is CCc1ccc(NC(=O)CSC2=NC(=Cc3ccc(C(C)C)cc3)C(=O)N2c2ccc(C)cc2)cc1. The predicted octanol–water partition coefficient (Wildman–Crippen LogP) is 6.80. The highest BCUT2D eigenvalue weighted by Crippen LogP contribution is 2.30. The number of nitrogens with one attached hydrogen (secondary N) is 1. The van der Waals surface area contributed by atoms with Crippen molar-refractivity contribution in [1.82, 2.24) is 0 Å². The van der Waals surface area contributed by atoms with Crippen LogP contribution < -0.4 is 10.2 Å². The lowest BCUT2D eigenvalue weighted by molar-refractivity contribution is -0.114. The Balaban J connectivity index is 1.54. The lowest BCUT2D eigenvalue weighted by Gasteiger charge is -2.18. The van der Waals surface area contributed by atoms with Crippen LogP contribution in [0.25, 0.3) is 6.08 Å². The normalized spacial score (nSPS) is 14.5. The molecule has 0 spiro atoms. The number of carbonyl (C=O) groups is 2. The second kappa shape index (κ2) is 11.4. The van der Waals surface area contributed by atoms with Gasteiger partial charge in [-0.25, -0.2) is 4.99 Å². The molecule has 0 fully saturated rings. The Morgan fingerprint density at radius 3 is 2.28 bits per heavy atom. The molecule has 0 atom stereocenters. The van der Waals surface area contributed by atoms with Gasteiger partial charge < -0.3 is 5.32 Å². The molecule has 184 valence electrons. The number of carbonyl (C=O) groups excluding carboxylic acids is 2. The molecule has 0 aromatic heterocycles. The van der Waals surface area contributed by atoms with E-state index in [0.29, 0.717) is 16.8 Å². The molecule has 2 amide bonds. The van der Waals surface area contributed by atoms with Crippen LogP contribution in [0.3, 0.4) is 0 Å². The van der Waals surface area contributed by atoms with E-state index in [0.717, 1.165) is 28.9 Å². The van der Waals surface area contributed by atoms with E-state index >= 15 is 0 Å². The molecule has 0 bridgehead atoms. The van der Waals surface area contributed by atoms with E-state index in [1.165, 1.54) is 22.9 Å². The number of anilines is 2. The maximum atomic E-state index is 13.4. The van der Waals surface area contributed by atoms with Crippen LogP contribution in [0.4, 0.5) is 11.4 Å². The van der Waals surface area contributed by atoms with Crippen molar-refractivity contribution in [1.29, 1.82) is 0 Å². The monoisotopic (exact) mass is 497 g/mol. The van der Waals surface area contributed by atoms with Gasteiger partial charge in [-0.15, -0.1) is 0 Å². The molecule has 0 radical (unpaired) electrons. The third-order valence-corrected chi connectivity index (χ3v) is 6.95. The highest BCUT2D eigenvalue weighted by Gasteiger charge is 2.32. The second-order valence-electron chi connectivity index (χ2n) is 9.11. The number of hydrogen-bond acceptors (Lipinski definition) is 4. The van der Waals surface area contributed by atoms with Crippen LogP contribution in [0, 0.1) is 6.92 Å². The minimum Gasteiger partial charge on any atom is -0.325 e. The van der Waals surface area contributed by atoms with Gasteiger partial charge in [-0.05, 0) is 66.3 Å². The van der Waals surface area contributed by atoms with Gasteiger partial charge in [0, 0.05) is 5.69 Å². The highest BCUT2D eigenvalue weighted by molar-refractivity contribution is 8.14. The lowest BCUT2D eigenvalue weighted by atomic mass is 10.0. The number of rotatable bonds is 7. The molecule has 6 heteroatoms. The van der Waals surface area contributed by atoms with Gasteiger partial charge in [0.25, 0.3) is 5.91 Å². The van der Waals surface area contributed by atoms with E-state index in [9.17, 15) is 9.59 Å². The molecule has 0 aliphatic carbocycles. The summed E-state index contributed by atoms with van der Waals surface area (Å²) in [5.74, 6) is 0.226. The van der Waals surface area contributed by atoms with E-state index < -0.39 is 0 Å². The van der Waals surface area contributed by atoms with Gasteiger partial charge in [0.05, 0.1) is 11.4 Å². The van der Waals surface area contributed by atoms with Gasteiger partial charge in [-0.3, -0.25) is 14.5 Å². The van der Waals surface area contributed by atoms with Crippen molar-refractivity contribution < 1.29 is 9.59 Å². The first-order valence-electron chi connectivity index (χ1n) is 12.2. The molecule has 4 rings (SSSR count). The minimum absolute atomic E-state index is 0.139. The third-order valence-electron chi connectivity index (χ3n) is 6.01. The van der Waals surface area contributed by atoms with Gasteiger partial charge >= 0.3 is 0 Å². The maximum Gasteiger partial charge on any atom is 0.283 e. The molecule has 3 aromatic carbocycles. The number of benzene rings is 3. The lowest BCUT2D eigenvalue weighted by Crippen LogP contribution is -2.31. The van der Waals surface area contributed by atoms with Crippen LogP contribution >= 0.6 is 11.8 Å². The Morgan fingerprint density at radius 2 is 1.67 bits per heavy atom. The van der Waals surface area contributed by atoms with Gasteiger partial charge in [0.15, 0.2) is 5.17 Å². The molecule has 0 saturated carbocycles. The fraction of sp³-hybridized carbons (Fsp3) is 0.233. The fourth-order valence-corrected chi connectivity index (χ4v) is 4.61. The number of aryl methyl sites for hydroxylation is 2. The Kier molecular flexibility index (Phi) is 8.06. The highest BCUT2D eigenvalue weighted by atomic mass is 32.2. The van der Waals surface area contributed by atoms with Crippen molar-refractivity contribution in [3.8, 4) is 0 Å². The molecule has 1 N–H and O–H groups in total. The fourth-order valence-electron chi connectivity index (χ4n) is 3.80. The standard InChI is InChI=1S/C30H31N3O2S/c1-5-22-10-14-25(15-11-22)31-28(34)19-36-30-32-27(18-23-8-12-24(13-9-23)20(2)3)29(35)33(30)26-16-6-21(4)7-17-26/h6-18,20H,5,19H2,1-4H3,(H,31,34). The topological polar surface area (TPSA) is 61.8 Å². The zero-order valence-corrected chi connectivity index (χ0v) is 21.9. The van der Waals surface area contributed by atoms with Gasteiger partial charge in [-0.1, -0.05) is 86.6 Å². The zero-order chi connectivity index (χ0) is 25.7. The van der Waals surface area contributed by atoms with Crippen LogP contribution in [0.5, 0.6) is 0 Å². The van der Waals surface area contributed by atoms with Gasteiger partial charge in [0.2, 0.25) is 5.91 Å². The number of amidine groups is 1. The Bertz CT molecular complexity index is 1290. The summed E-state index contributed by atoms with van der Waals surface area (Å²) in [5, 5.41) is 3.41. The number of amides is 2. The number of hydrogen-bond donors (Lipinski definition) is 1. The molecule has 1 aliphatic heterocycles. The first kappa shape index (κ1) is 25.5. The molecule has 1 heterocycles. The summed E-state index contributed by atoms with van der Waals surface area (Å²) in [5.41, 5.74) is 6.31. The van der Waals surface area contributed by atoms with E-state index in [4.69, 9.17) is 0 Å². The summed E-state index contributed by atoms with van der Waals surface area (Å²) in [6.07, 6.45) is 2.75. The van der Waals surface area contributed by atoms with Crippen LogP contribution in [-0.4, -0.2) is 22.7 Å². The molecule has 1 aliphatic rings. The number of thioether (sulfide) groups is 1. The Hall–Kier alpha value is -3.64. The summed E-state index contributed by atoms with van der Waals surface area (Å²) in [4.78, 5) is 32.3. The summed E-state index contributed by atoms with van der Waals surface area (Å²) >= 11 is 1.25. The van der Waals surface area contributed by atoms with Crippen molar-refractivity contribution in [2.45, 2.75) is 40.0 Å². The van der Waals surface area contributed by atoms with Crippen molar-refractivity contribution in [3.05, 3.63) is 101 Å². The van der Waals surface area contributed by atoms with Crippen LogP contribution in [0.2, 0.25) is 0 Å². The molecular formula is C30H31N3O2S. The Labute approximate surface area is 217 Å². The van der Waals surface area contributed by atoms with Crippen molar-refractivity contribution in [2.75, 3.05) is 16.0 Å². The molecule has 36 heavy (non-hydrogen) atoms. The maximum absolute atomic E-state index is 13.4. The van der Waals surface area contributed by atoms with Crippen LogP contribution in [0.1, 0.15) is 48.9 Å². The molecular weight excluding hydrogens is 466 g/mol. The molecule has 3 aromatic rings. The zero-order valence-electron chi connectivity index (χ0n) is 21.1. The van der Waals surface area contributed by atoms with Gasteiger partial charge in [-0.2, -0.15) is 0 Å². The predicted molar refractivity (Wildman–Crippen MR) is 152 cm³/mol. The molecule has 0 unspecified atom stereocenters. The average molecular weight is 498 g/mol. The van der Waals surface area contributed by atoms with Gasteiger partial charge in [0.1, 0.15) is 5.70 Å². The second-order valence-corrected chi connectivity index (χ2v) is 10.1. The van der Waals surface area contributed by atoms with Crippen LogP contribution in [-0.2, 0) is 16.0 Å². The summed E-state index contributed by atoms with van der Waals surface area (Å²) in [6, 6.07) is 23.7. The minimum atomic E-state index is -0.204. The summed E-state index contributed by atoms with van der Waals surface area (Å²) in [6.45, 7) is 8.40. The van der Waals surface area contributed by atoms with Crippen molar-refractivity contribution in [2.24, 2.45) is 4.99 Å². The van der Waals surface area contributed by atoms with Crippen molar-refractivity contribution in [3.63, 3.8) is 0 Å². The third kappa shape index (κ3) is 6.13. The van der Waals surface area contributed by atoms with E-state index in [1.807, 2.05) is 67.6 Å². The smallest absolute Gasteiger partial charge is 0.283 e. The molecule has 5 nitrogen and oxygen atoms in total. The number of nitrogens with zero attached hydrogens (tertiary/aromatic N) is 2. The summed E-state index contributed by atoms with van der Waals surface area (Å²) in [7, 11) is 0. The first-order valence-corrected chi connectivity index (χ1v) is 13.2. The van der Waals surface area contributed by atoms with Crippen molar-refractivity contribution >= 4 is 46.2 Å². The van der Waals surface area contributed by atoms with E-state index in [2.05, 4.69) is 43.2 Å².